The number of hydrogen-bond acceptors (Lipinski definition) is 3. The SMILES string of the molecule is CCc1ncc2cn(Cc3ccccc3)nc2n1. The molecule has 3 rings (SSSR count). The van der Waals surface area contributed by atoms with E-state index in [9.17, 15) is 0 Å². The number of fused-ring (bicyclic) bond motifs is 1. The van der Waals surface area contributed by atoms with Crippen LogP contribution in [0.15, 0.2) is 42.7 Å². The van der Waals surface area contributed by atoms with Crippen LogP contribution in [0.2, 0.25) is 0 Å². The van der Waals surface area contributed by atoms with Crippen LogP contribution >= 0.6 is 0 Å². The van der Waals surface area contributed by atoms with Crippen molar-refractivity contribution in [2.45, 2.75) is 19.9 Å². The van der Waals surface area contributed by atoms with Crippen molar-refractivity contribution in [3.8, 4) is 0 Å². The van der Waals surface area contributed by atoms with Crippen molar-refractivity contribution in [2.75, 3.05) is 0 Å². The van der Waals surface area contributed by atoms with Crippen LogP contribution in [0.3, 0.4) is 0 Å². The smallest absolute Gasteiger partial charge is 0.184 e. The summed E-state index contributed by atoms with van der Waals surface area (Å²) >= 11 is 0. The van der Waals surface area contributed by atoms with Gasteiger partial charge >= 0.3 is 0 Å². The van der Waals surface area contributed by atoms with Gasteiger partial charge in [0, 0.05) is 18.8 Å². The molecule has 0 radical (unpaired) electrons. The highest BCUT2D eigenvalue weighted by molar-refractivity contribution is 5.72. The maximum absolute atomic E-state index is 4.48. The molecule has 0 aliphatic heterocycles. The monoisotopic (exact) mass is 238 g/mol. The van der Waals surface area contributed by atoms with E-state index < -0.39 is 0 Å². The Bertz CT molecular complexity index is 658. The molecule has 0 spiro atoms. The summed E-state index contributed by atoms with van der Waals surface area (Å²) in [7, 11) is 0. The number of rotatable bonds is 3. The van der Waals surface area contributed by atoms with Gasteiger partial charge < -0.3 is 0 Å². The zero-order chi connectivity index (χ0) is 12.4. The molecule has 90 valence electrons. The van der Waals surface area contributed by atoms with Crippen LogP contribution in [-0.4, -0.2) is 19.7 Å². The summed E-state index contributed by atoms with van der Waals surface area (Å²) in [6, 6.07) is 10.3. The third kappa shape index (κ3) is 2.09. The predicted molar refractivity (Wildman–Crippen MR) is 70.2 cm³/mol. The molecule has 4 nitrogen and oxygen atoms in total. The Labute approximate surface area is 105 Å². The minimum Gasteiger partial charge on any atom is -0.265 e. The average molecular weight is 238 g/mol. The normalized spacial score (nSPS) is 10.9. The minimum absolute atomic E-state index is 0.763. The molecular weight excluding hydrogens is 224 g/mol. The van der Waals surface area contributed by atoms with E-state index in [4.69, 9.17) is 0 Å². The fraction of sp³-hybridized carbons (Fsp3) is 0.214. The maximum atomic E-state index is 4.48. The molecule has 4 heteroatoms. The quantitative estimate of drug-likeness (QED) is 0.704. The molecule has 0 aliphatic rings. The predicted octanol–water partition coefficient (Wildman–Crippen LogP) is 2.44. The highest BCUT2D eigenvalue weighted by atomic mass is 15.3. The van der Waals surface area contributed by atoms with E-state index in [2.05, 4.69) is 27.2 Å². The largest absolute Gasteiger partial charge is 0.265 e. The fourth-order valence-corrected chi connectivity index (χ4v) is 1.92. The van der Waals surface area contributed by atoms with Crippen LogP contribution in [0.5, 0.6) is 0 Å². The van der Waals surface area contributed by atoms with Crippen LogP contribution in [0, 0.1) is 0 Å². The van der Waals surface area contributed by atoms with E-state index in [-0.39, 0.29) is 0 Å². The van der Waals surface area contributed by atoms with Gasteiger partial charge in [0.2, 0.25) is 0 Å². The second-order valence-corrected chi connectivity index (χ2v) is 4.23. The topological polar surface area (TPSA) is 43.6 Å². The highest BCUT2D eigenvalue weighted by Gasteiger charge is 2.04. The Kier molecular flexibility index (Phi) is 2.76. The van der Waals surface area contributed by atoms with Crippen molar-refractivity contribution in [2.24, 2.45) is 0 Å². The standard InChI is InChI=1S/C14H14N4/c1-2-13-15-8-12-10-18(17-14(12)16-13)9-11-6-4-3-5-7-11/h3-8,10H,2,9H2,1H3. The molecule has 0 saturated heterocycles. The number of benzene rings is 1. The molecule has 3 aromatic rings. The Balaban J connectivity index is 1.94. The molecular formula is C14H14N4. The van der Waals surface area contributed by atoms with Crippen LogP contribution in [0.25, 0.3) is 11.0 Å². The van der Waals surface area contributed by atoms with Crippen LogP contribution in [-0.2, 0) is 13.0 Å². The Morgan fingerprint density at radius 3 is 2.78 bits per heavy atom. The van der Waals surface area contributed by atoms with Crippen molar-refractivity contribution < 1.29 is 0 Å². The van der Waals surface area contributed by atoms with Gasteiger partial charge in [0.15, 0.2) is 5.65 Å². The third-order valence-electron chi connectivity index (χ3n) is 2.86. The van der Waals surface area contributed by atoms with E-state index in [1.54, 1.807) is 0 Å². The molecule has 0 aliphatic carbocycles. The molecule has 2 aromatic heterocycles. The number of aromatic nitrogens is 4. The molecule has 0 atom stereocenters. The fourth-order valence-electron chi connectivity index (χ4n) is 1.92. The Morgan fingerprint density at radius 2 is 2.00 bits per heavy atom. The average Bonchev–Trinajstić information content (AvgIpc) is 2.80. The zero-order valence-corrected chi connectivity index (χ0v) is 10.2. The Hall–Kier alpha value is -2.23. The van der Waals surface area contributed by atoms with Crippen molar-refractivity contribution in [1.29, 1.82) is 0 Å². The molecule has 18 heavy (non-hydrogen) atoms. The summed E-state index contributed by atoms with van der Waals surface area (Å²) in [6.45, 7) is 2.81. The molecule has 2 heterocycles. The first-order valence-electron chi connectivity index (χ1n) is 6.08. The van der Waals surface area contributed by atoms with E-state index in [1.807, 2.05) is 42.2 Å². The third-order valence-corrected chi connectivity index (χ3v) is 2.86. The van der Waals surface area contributed by atoms with Crippen molar-refractivity contribution in [1.82, 2.24) is 19.7 Å². The second kappa shape index (κ2) is 4.56. The van der Waals surface area contributed by atoms with E-state index in [0.29, 0.717) is 0 Å². The number of hydrogen-bond donors (Lipinski definition) is 0. The van der Waals surface area contributed by atoms with Crippen LogP contribution < -0.4 is 0 Å². The van der Waals surface area contributed by atoms with Crippen molar-refractivity contribution >= 4 is 11.0 Å². The van der Waals surface area contributed by atoms with Gasteiger partial charge in [-0.3, -0.25) is 4.68 Å². The van der Waals surface area contributed by atoms with Gasteiger partial charge in [-0.15, -0.1) is 0 Å². The summed E-state index contributed by atoms with van der Waals surface area (Å²) in [5, 5.41) is 5.47. The molecule has 0 saturated carbocycles. The first-order chi connectivity index (χ1) is 8.85. The van der Waals surface area contributed by atoms with Gasteiger partial charge in [0.05, 0.1) is 11.9 Å². The highest BCUT2D eigenvalue weighted by Crippen LogP contribution is 2.10. The van der Waals surface area contributed by atoms with Gasteiger partial charge in [-0.25, -0.2) is 9.97 Å². The maximum Gasteiger partial charge on any atom is 0.184 e. The summed E-state index contributed by atoms with van der Waals surface area (Å²) in [6.07, 6.45) is 4.67. The van der Waals surface area contributed by atoms with Gasteiger partial charge in [-0.1, -0.05) is 37.3 Å². The number of aryl methyl sites for hydroxylation is 1. The van der Waals surface area contributed by atoms with Crippen molar-refractivity contribution in [3.05, 3.63) is 54.1 Å². The molecule has 0 amide bonds. The molecule has 0 N–H and O–H groups in total. The lowest BCUT2D eigenvalue weighted by molar-refractivity contribution is 0.692. The second-order valence-electron chi connectivity index (χ2n) is 4.23. The Morgan fingerprint density at radius 1 is 1.17 bits per heavy atom. The zero-order valence-electron chi connectivity index (χ0n) is 10.2. The summed E-state index contributed by atoms with van der Waals surface area (Å²) < 4.78 is 1.91. The first-order valence-corrected chi connectivity index (χ1v) is 6.08. The van der Waals surface area contributed by atoms with Gasteiger partial charge in [-0.2, -0.15) is 5.10 Å². The summed E-state index contributed by atoms with van der Waals surface area (Å²) in [5.74, 6) is 0.840. The molecule has 0 fully saturated rings. The summed E-state index contributed by atoms with van der Waals surface area (Å²) in [5.41, 5.74) is 2.01. The lowest BCUT2D eigenvalue weighted by Crippen LogP contribution is -1.99. The van der Waals surface area contributed by atoms with E-state index >= 15 is 0 Å². The number of nitrogens with zero attached hydrogens (tertiary/aromatic N) is 4. The first kappa shape index (κ1) is 10.9. The van der Waals surface area contributed by atoms with Gasteiger partial charge in [0.1, 0.15) is 5.82 Å². The lowest BCUT2D eigenvalue weighted by Gasteiger charge is -1.99. The minimum atomic E-state index is 0.763. The van der Waals surface area contributed by atoms with Crippen LogP contribution in [0.4, 0.5) is 0 Å². The van der Waals surface area contributed by atoms with Crippen molar-refractivity contribution in [3.63, 3.8) is 0 Å². The summed E-state index contributed by atoms with van der Waals surface area (Å²) in [4.78, 5) is 8.69. The van der Waals surface area contributed by atoms with Gasteiger partial charge in [0.25, 0.3) is 0 Å². The van der Waals surface area contributed by atoms with E-state index in [1.165, 1.54) is 5.56 Å². The molecule has 0 unspecified atom stereocenters. The van der Waals surface area contributed by atoms with E-state index in [0.717, 1.165) is 29.8 Å². The lowest BCUT2D eigenvalue weighted by atomic mass is 10.2. The van der Waals surface area contributed by atoms with Crippen LogP contribution in [0.1, 0.15) is 18.3 Å². The molecule has 0 bridgehead atoms. The van der Waals surface area contributed by atoms with Gasteiger partial charge in [-0.05, 0) is 5.56 Å². The molecule has 1 aromatic carbocycles.